The Morgan fingerprint density at radius 3 is 2.50 bits per heavy atom. The number of hydrogen-bond donors (Lipinski definition) is 2. The summed E-state index contributed by atoms with van der Waals surface area (Å²) in [6.07, 6.45) is 2.40. The van der Waals surface area contributed by atoms with E-state index in [0.717, 1.165) is 23.3 Å². The van der Waals surface area contributed by atoms with E-state index in [0.29, 0.717) is 10.8 Å². The predicted octanol–water partition coefficient (Wildman–Crippen LogP) is 3.08. The fourth-order valence-electron chi connectivity index (χ4n) is 1.60. The minimum atomic E-state index is 0. The van der Waals surface area contributed by atoms with E-state index in [2.05, 4.69) is 4.98 Å². The van der Waals surface area contributed by atoms with Crippen LogP contribution in [0.4, 0.5) is 5.69 Å². The topological polar surface area (TPSA) is 83.1 Å². The van der Waals surface area contributed by atoms with Crippen LogP contribution in [-0.2, 0) is 6.42 Å². The largest absolute Gasteiger partial charge is 0.497 e. The van der Waals surface area contributed by atoms with Crippen molar-refractivity contribution in [2.75, 3.05) is 12.8 Å². The lowest BCUT2D eigenvalue weighted by Gasteiger charge is -2.07. The van der Waals surface area contributed by atoms with Crippen LogP contribution in [0.5, 0.6) is 5.75 Å². The number of nitrogens with zero attached hydrogens (tertiary/aromatic N) is 1. The summed E-state index contributed by atoms with van der Waals surface area (Å²) in [5.41, 5.74) is 8.55. The molecule has 2 aromatic rings. The number of pyridine rings is 1. The molecule has 18 heavy (non-hydrogen) atoms. The lowest BCUT2D eigenvalue weighted by Crippen LogP contribution is -1.98. The summed E-state index contributed by atoms with van der Waals surface area (Å²) in [5.74, 6) is 0.842. The predicted molar refractivity (Wildman–Crippen MR) is 74.5 cm³/mol. The average Bonchev–Trinajstić information content (AvgIpc) is 2.36. The monoisotopic (exact) mass is 265 g/mol. The van der Waals surface area contributed by atoms with Gasteiger partial charge in [0, 0.05) is 6.20 Å². The Morgan fingerprint density at radius 2 is 1.89 bits per heavy atom. The average molecular weight is 266 g/mol. The molecule has 5 heteroatoms. The van der Waals surface area contributed by atoms with E-state index in [1.165, 1.54) is 0 Å². The molecule has 0 spiro atoms. The normalized spacial score (nSPS) is 9.67. The summed E-state index contributed by atoms with van der Waals surface area (Å²) in [4.78, 5) is 3.93. The molecule has 0 atom stereocenters. The van der Waals surface area contributed by atoms with Crippen LogP contribution in [0.25, 0.3) is 0 Å². The molecule has 0 amide bonds. The minimum absolute atomic E-state index is 0. The van der Waals surface area contributed by atoms with Crippen LogP contribution in [0, 0.1) is 0 Å². The van der Waals surface area contributed by atoms with Crippen LogP contribution in [0.15, 0.2) is 36.5 Å². The first-order chi connectivity index (χ1) is 8.20. The summed E-state index contributed by atoms with van der Waals surface area (Å²) in [6, 6.07) is 9.74. The third-order valence-electron chi connectivity index (χ3n) is 2.59. The lowest BCUT2D eigenvalue weighted by atomic mass is 10.0. The summed E-state index contributed by atoms with van der Waals surface area (Å²) >= 11 is 5.87. The highest BCUT2D eigenvalue weighted by atomic mass is 35.5. The number of ether oxygens (including phenoxy) is 1. The third-order valence-corrected chi connectivity index (χ3v) is 2.89. The van der Waals surface area contributed by atoms with Crippen LogP contribution in [0.1, 0.15) is 11.1 Å². The number of hydrogen-bond acceptors (Lipinski definition) is 4. The van der Waals surface area contributed by atoms with Gasteiger partial charge >= 0.3 is 0 Å². The van der Waals surface area contributed by atoms with Crippen LogP contribution in [-0.4, -0.2) is 12.1 Å². The Balaban J connectivity index is 0.00000162. The van der Waals surface area contributed by atoms with Crippen LogP contribution >= 0.6 is 11.6 Å². The second-order valence-electron chi connectivity index (χ2n) is 3.70. The van der Waals surface area contributed by atoms with E-state index in [9.17, 15) is 0 Å². The molecule has 2 rings (SSSR count). The summed E-state index contributed by atoms with van der Waals surface area (Å²) in [6.45, 7) is 0. The smallest absolute Gasteiger partial charge is 0.152 e. The third kappa shape index (κ3) is 3.12. The Hall–Kier alpha value is -1.78. The molecule has 4 nitrogen and oxygen atoms in total. The molecule has 0 aliphatic carbocycles. The Morgan fingerprint density at radius 1 is 1.22 bits per heavy atom. The number of nitrogens with two attached hydrogens (primary N) is 1. The number of halogens is 1. The van der Waals surface area contributed by atoms with Gasteiger partial charge in [-0.1, -0.05) is 23.7 Å². The summed E-state index contributed by atoms with van der Waals surface area (Å²) in [7, 11) is 1.65. The molecular formula is C13H16ClN3O. The van der Waals surface area contributed by atoms with Crippen molar-refractivity contribution in [3.05, 3.63) is 52.8 Å². The van der Waals surface area contributed by atoms with Crippen LogP contribution < -0.4 is 16.6 Å². The van der Waals surface area contributed by atoms with Gasteiger partial charge in [0.1, 0.15) is 5.75 Å². The van der Waals surface area contributed by atoms with Gasteiger partial charge in [0.15, 0.2) is 5.15 Å². The molecule has 0 saturated carbocycles. The van der Waals surface area contributed by atoms with Crippen molar-refractivity contribution in [1.29, 1.82) is 0 Å². The molecule has 0 fully saturated rings. The highest BCUT2D eigenvalue weighted by Crippen LogP contribution is 2.23. The number of nitrogen functional groups attached to an aromatic ring is 1. The quantitative estimate of drug-likeness (QED) is 0.836. The van der Waals surface area contributed by atoms with Gasteiger partial charge in [-0.05, 0) is 35.7 Å². The van der Waals surface area contributed by atoms with Crippen molar-refractivity contribution < 1.29 is 4.74 Å². The molecule has 0 bridgehead atoms. The number of methoxy groups -OCH3 is 1. The molecule has 5 N–H and O–H groups in total. The van der Waals surface area contributed by atoms with Gasteiger partial charge in [-0.2, -0.15) is 0 Å². The fourth-order valence-corrected chi connectivity index (χ4v) is 1.78. The molecule has 0 radical (unpaired) electrons. The van der Waals surface area contributed by atoms with E-state index < -0.39 is 0 Å². The maximum absolute atomic E-state index is 5.87. The van der Waals surface area contributed by atoms with Gasteiger partial charge in [-0.15, -0.1) is 0 Å². The number of benzene rings is 1. The van der Waals surface area contributed by atoms with Crippen molar-refractivity contribution in [3.8, 4) is 5.75 Å². The number of anilines is 1. The first-order valence-corrected chi connectivity index (χ1v) is 5.60. The van der Waals surface area contributed by atoms with Crippen LogP contribution in [0.2, 0.25) is 5.15 Å². The van der Waals surface area contributed by atoms with Crippen molar-refractivity contribution in [2.45, 2.75) is 6.42 Å². The van der Waals surface area contributed by atoms with Gasteiger partial charge in [0.2, 0.25) is 0 Å². The first kappa shape index (κ1) is 14.3. The summed E-state index contributed by atoms with van der Waals surface area (Å²) < 4.78 is 5.11. The molecular weight excluding hydrogens is 250 g/mol. The van der Waals surface area contributed by atoms with Crippen molar-refractivity contribution in [3.63, 3.8) is 0 Å². The highest BCUT2D eigenvalue weighted by molar-refractivity contribution is 6.31. The second kappa shape index (κ2) is 6.23. The van der Waals surface area contributed by atoms with Gasteiger partial charge in [0.05, 0.1) is 12.8 Å². The van der Waals surface area contributed by atoms with Crippen LogP contribution in [0.3, 0.4) is 0 Å². The SMILES string of the molecule is COc1ccc(Cc2ccnc(Cl)c2N)cc1.N. The molecule has 1 heterocycles. The molecule has 96 valence electrons. The van der Waals surface area contributed by atoms with Crippen molar-refractivity contribution in [1.82, 2.24) is 11.1 Å². The molecule has 0 saturated heterocycles. The van der Waals surface area contributed by atoms with E-state index in [1.807, 2.05) is 30.3 Å². The minimum Gasteiger partial charge on any atom is -0.497 e. The molecule has 0 aliphatic heterocycles. The maximum atomic E-state index is 5.87. The lowest BCUT2D eigenvalue weighted by molar-refractivity contribution is 0.414. The molecule has 1 aromatic heterocycles. The van der Waals surface area contributed by atoms with Gasteiger partial charge in [-0.25, -0.2) is 4.98 Å². The van der Waals surface area contributed by atoms with Gasteiger partial charge in [-0.3, -0.25) is 0 Å². The van der Waals surface area contributed by atoms with Crippen molar-refractivity contribution >= 4 is 17.3 Å². The highest BCUT2D eigenvalue weighted by Gasteiger charge is 2.05. The zero-order valence-corrected chi connectivity index (χ0v) is 10.9. The van der Waals surface area contributed by atoms with E-state index in [1.54, 1.807) is 13.3 Å². The zero-order chi connectivity index (χ0) is 12.3. The number of aromatic nitrogens is 1. The Kier molecular flexibility index (Phi) is 4.95. The molecule has 1 aromatic carbocycles. The van der Waals surface area contributed by atoms with E-state index in [-0.39, 0.29) is 6.15 Å². The molecule has 0 aliphatic rings. The van der Waals surface area contributed by atoms with Crippen molar-refractivity contribution in [2.24, 2.45) is 0 Å². The fraction of sp³-hybridized carbons (Fsp3) is 0.154. The van der Waals surface area contributed by atoms with E-state index >= 15 is 0 Å². The molecule has 0 unspecified atom stereocenters. The first-order valence-electron chi connectivity index (χ1n) is 5.22. The van der Waals surface area contributed by atoms with Gasteiger partial charge < -0.3 is 16.6 Å². The number of rotatable bonds is 3. The maximum Gasteiger partial charge on any atom is 0.152 e. The Bertz CT molecular complexity index is 514. The van der Waals surface area contributed by atoms with E-state index in [4.69, 9.17) is 22.1 Å². The zero-order valence-electron chi connectivity index (χ0n) is 10.2. The summed E-state index contributed by atoms with van der Waals surface area (Å²) in [5, 5.41) is 0.357. The Labute approximate surface area is 111 Å². The standard InChI is InChI=1S/C13H13ClN2O.H3N/c1-17-11-4-2-9(3-5-11)8-10-6-7-16-13(14)12(10)15;/h2-7H,8,15H2,1H3;1H3. The van der Waals surface area contributed by atoms with Gasteiger partial charge in [0.25, 0.3) is 0 Å². The second-order valence-corrected chi connectivity index (χ2v) is 4.06.